The maximum atomic E-state index is 12.9. The van der Waals surface area contributed by atoms with Gasteiger partial charge in [0.05, 0.1) is 18.2 Å². The minimum atomic E-state index is -0.247. The third-order valence-corrected chi connectivity index (χ3v) is 2.83. The van der Waals surface area contributed by atoms with Crippen molar-refractivity contribution in [2.45, 2.75) is 19.9 Å². The Kier molecular flexibility index (Phi) is 3.24. The van der Waals surface area contributed by atoms with Gasteiger partial charge in [-0.1, -0.05) is 13.8 Å². The van der Waals surface area contributed by atoms with Gasteiger partial charge in [-0.25, -0.2) is 9.37 Å². The van der Waals surface area contributed by atoms with E-state index in [2.05, 4.69) is 18.8 Å². The molecule has 0 fully saturated rings. The van der Waals surface area contributed by atoms with Crippen molar-refractivity contribution >= 4 is 0 Å². The highest BCUT2D eigenvalue weighted by Gasteiger charge is 2.15. The Bertz CT molecular complexity index is 488. The van der Waals surface area contributed by atoms with Gasteiger partial charge in [-0.05, 0) is 30.2 Å². The number of nitrogens with two attached hydrogens (primary N) is 1. The maximum absolute atomic E-state index is 12.9. The summed E-state index contributed by atoms with van der Waals surface area (Å²) < 4.78 is 14.8. The van der Waals surface area contributed by atoms with Crippen molar-refractivity contribution in [2.24, 2.45) is 11.7 Å². The van der Waals surface area contributed by atoms with E-state index in [9.17, 15) is 4.39 Å². The molecule has 1 aromatic carbocycles. The Morgan fingerprint density at radius 2 is 1.88 bits per heavy atom. The zero-order valence-electron chi connectivity index (χ0n) is 9.97. The van der Waals surface area contributed by atoms with Crippen molar-refractivity contribution in [1.29, 1.82) is 0 Å². The van der Waals surface area contributed by atoms with Crippen LogP contribution in [0, 0.1) is 11.7 Å². The normalized spacial score (nSPS) is 13.0. The van der Waals surface area contributed by atoms with Crippen molar-refractivity contribution in [3.05, 3.63) is 48.3 Å². The van der Waals surface area contributed by atoms with Gasteiger partial charge in [-0.15, -0.1) is 0 Å². The van der Waals surface area contributed by atoms with Crippen LogP contribution in [0.25, 0.3) is 5.69 Å². The number of benzene rings is 1. The smallest absolute Gasteiger partial charge is 0.123 e. The quantitative estimate of drug-likeness (QED) is 0.885. The van der Waals surface area contributed by atoms with Gasteiger partial charge in [0.25, 0.3) is 0 Å². The fourth-order valence-electron chi connectivity index (χ4n) is 1.71. The molecule has 0 aliphatic rings. The Balaban J connectivity index is 2.40. The monoisotopic (exact) mass is 233 g/mol. The Morgan fingerprint density at radius 1 is 1.24 bits per heavy atom. The number of hydrogen-bond acceptors (Lipinski definition) is 2. The fraction of sp³-hybridized carbons (Fsp3) is 0.308. The van der Waals surface area contributed by atoms with Gasteiger partial charge in [0.15, 0.2) is 0 Å². The van der Waals surface area contributed by atoms with Gasteiger partial charge in [0, 0.05) is 11.7 Å². The minimum absolute atomic E-state index is 0.0810. The van der Waals surface area contributed by atoms with Crippen molar-refractivity contribution in [2.75, 3.05) is 0 Å². The molecule has 0 spiro atoms. The van der Waals surface area contributed by atoms with Crippen LogP contribution in [0.1, 0.15) is 25.6 Å². The van der Waals surface area contributed by atoms with E-state index >= 15 is 0 Å². The molecule has 17 heavy (non-hydrogen) atoms. The summed E-state index contributed by atoms with van der Waals surface area (Å²) in [6.07, 6.45) is 3.46. The van der Waals surface area contributed by atoms with Crippen LogP contribution in [-0.4, -0.2) is 9.55 Å². The molecule has 0 amide bonds. The predicted octanol–water partition coefficient (Wildman–Crippen LogP) is 2.67. The lowest BCUT2D eigenvalue weighted by atomic mass is 10.0. The first-order chi connectivity index (χ1) is 8.09. The van der Waals surface area contributed by atoms with E-state index in [1.54, 1.807) is 24.7 Å². The van der Waals surface area contributed by atoms with Gasteiger partial charge >= 0.3 is 0 Å². The molecule has 0 bridgehead atoms. The van der Waals surface area contributed by atoms with E-state index in [-0.39, 0.29) is 11.9 Å². The third-order valence-electron chi connectivity index (χ3n) is 2.83. The second-order valence-electron chi connectivity index (χ2n) is 4.43. The van der Waals surface area contributed by atoms with Crippen LogP contribution < -0.4 is 5.73 Å². The molecule has 1 unspecified atom stereocenters. The zero-order chi connectivity index (χ0) is 12.4. The molecule has 90 valence electrons. The van der Waals surface area contributed by atoms with Crippen LogP contribution in [0.4, 0.5) is 4.39 Å². The first-order valence-electron chi connectivity index (χ1n) is 5.63. The number of rotatable bonds is 3. The van der Waals surface area contributed by atoms with E-state index in [4.69, 9.17) is 5.73 Å². The lowest BCUT2D eigenvalue weighted by molar-refractivity contribution is 0.497. The molecule has 2 N–H and O–H groups in total. The van der Waals surface area contributed by atoms with Crippen LogP contribution in [-0.2, 0) is 0 Å². The second kappa shape index (κ2) is 4.67. The van der Waals surface area contributed by atoms with E-state index in [0.29, 0.717) is 5.92 Å². The number of aromatic nitrogens is 2. The SMILES string of the molecule is CC(C)C(N)c1cncn1-c1ccc(F)cc1. The topological polar surface area (TPSA) is 43.8 Å². The third kappa shape index (κ3) is 2.36. The van der Waals surface area contributed by atoms with Gasteiger partial charge in [-0.3, -0.25) is 0 Å². The summed E-state index contributed by atoms with van der Waals surface area (Å²) in [6.45, 7) is 4.12. The molecule has 1 heterocycles. The highest BCUT2D eigenvalue weighted by Crippen LogP contribution is 2.21. The van der Waals surface area contributed by atoms with Crippen LogP contribution in [0.2, 0.25) is 0 Å². The Hall–Kier alpha value is -1.68. The summed E-state index contributed by atoms with van der Waals surface area (Å²) in [5, 5.41) is 0. The summed E-state index contributed by atoms with van der Waals surface area (Å²) in [6, 6.07) is 6.21. The highest BCUT2D eigenvalue weighted by molar-refractivity contribution is 5.34. The number of halogens is 1. The van der Waals surface area contributed by atoms with E-state index in [0.717, 1.165) is 11.4 Å². The van der Waals surface area contributed by atoms with Crippen LogP contribution in [0.15, 0.2) is 36.8 Å². The maximum Gasteiger partial charge on any atom is 0.123 e. The molecular weight excluding hydrogens is 217 g/mol. The molecule has 3 nitrogen and oxygen atoms in total. The molecule has 1 aromatic heterocycles. The molecule has 0 saturated heterocycles. The first kappa shape index (κ1) is 11.8. The van der Waals surface area contributed by atoms with Crippen molar-refractivity contribution in [1.82, 2.24) is 9.55 Å². The molecule has 4 heteroatoms. The molecule has 0 radical (unpaired) electrons. The summed E-state index contributed by atoms with van der Waals surface area (Å²) >= 11 is 0. The Morgan fingerprint density at radius 3 is 2.47 bits per heavy atom. The Labute approximate surface area is 100 Å². The molecule has 2 rings (SSSR count). The van der Waals surface area contributed by atoms with Crippen molar-refractivity contribution < 1.29 is 4.39 Å². The molecule has 2 aromatic rings. The first-order valence-corrected chi connectivity index (χ1v) is 5.63. The molecule has 0 aliphatic carbocycles. The van der Waals surface area contributed by atoms with E-state index < -0.39 is 0 Å². The molecule has 1 atom stereocenters. The van der Waals surface area contributed by atoms with Crippen molar-refractivity contribution in [3.63, 3.8) is 0 Å². The minimum Gasteiger partial charge on any atom is -0.322 e. The summed E-state index contributed by atoms with van der Waals surface area (Å²) in [5.74, 6) is 0.0782. The summed E-state index contributed by atoms with van der Waals surface area (Å²) in [7, 11) is 0. The summed E-state index contributed by atoms with van der Waals surface area (Å²) in [5.41, 5.74) is 7.92. The van der Waals surface area contributed by atoms with Gasteiger partial charge in [0.2, 0.25) is 0 Å². The average molecular weight is 233 g/mol. The molecular formula is C13H16FN3. The lowest BCUT2D eigenvalue weighted by Crippen LogP contribution is -2.19. The standard InChI is InChI=1S/C13H16FN3/c1-9(2)13(15)12-7-16-8-17(12)11-5-3-10(14)4-6-11/h3-9,13H,15H2,1-2H3. The lowest BCUT2D eigenvalue weighted by Gasteiger charge is -2.17. The second-order valence-corrected chi connectivity index (χ2v) is 4.43. The average Bonchev–Trinajstić information content (AvgIpc) is 2.77. The largest absolute Gasteiger partial charge is 0.322 e. The van der Waals surface area contributed by atoms with Gasteiger partial charge < -0.3 is 10.3 Å². The fourth-order valence-corrected chi connectivity index (χ4v) is 1.71. The number of nitrogens with zero attached hydrogens (tertiary/aromatic N) is 2. The summed E-state index contributed by atoms with van der Waals surface area (Å²) in [4.78, 5) is 4.11. The van der Waals surface area contributed by atoms with E-state index in [1.165, 1.54) is 12.1 Å². The number of imidazole rings is 1. The van der Waals surface area contributed by atoms with E-state index in [1.807, 2.05) is 4.57 Å². The van der Waals surface area contributed by atoms with Crippen molar-refractivity contribution in [3.8, 4) is 5.69 Å². The number of hydrogen-bond donors (Lipinski definition) is 1. The van der Waals surface area contributed by atoms with Crippen LogP contribution in [0.5, 0.6) is 0 Å². The van der Waals surface area contributed by atoms with Crippen LogP contribution in [0.3, 0.4) is 0 Å². The van der Waals surface area contributed by atoms with Crippen LogP contribution >= 0.6 is 0 Å². The van der Waals surface area contributed by atoms with Gasteiger partial charge in [-0.2, -0.15) is 0 Å². The predicted molar refractivity (Wildman–Crippen MR) is 65.3 cm³/mol. The molecule has 0 saturated carbocycles. The highest BCUT2D eigenvalue weighted by atomic mass is 19.1. The van der Waals surface area contributed by atoms with Gasteiger partial charge in [0.1, 0.15) is 5.82 Å². The zero-order valence-corrected chi connectivity index (χ0v) is 9.97. The molecule has 0 aliphatic heterocycles.